The minimum absolute atomic E-state index is 0.00109. The van der Waals surface area contributed by atoms with Gasteiger partial charge in [0.25, 0.3) is 5.91 Å². The minimum Gasteiger partial charge on any atom is -0.468 e. The number of hydroxylamine groups is 2. The van der Waals surface area contributed by atoms with Crippen LogP contribution in [0.3, 0.4) is 0 Å². The molecule has 9 heteroatoms. The molecular weight excluding hydrogens is 358 g/mol. The summed E-state index contributed by atoms with van der Waals surface area (Å²) in [7, 11) is 3.31. The lowest BCUT2D eigenvalue weighted by molar-refractivity contribution is -0.224. The summed E-state index contributed by atoms with van der Waals surface area (Å²) in [6.07, 6.45) is -0.428. The number of rotatable bonds is 6. The number of ether oxygens (including phenoxy) is 3. The van der Waals surface area contributed by atoms with Gasteiger partial charge < -0.3 is 14.2 Å². The van der Waals surface area contributed by atoms with Gasteiger partial charge in [0.2, 0.25) is 0 Å². The van der Waals surface area contributed by atoms with Gasteiger partial charge in [0, 0.05) is 0 Å². The maximum Gasteiger partial charge on any atom is 0.325 e. The summed E-state index contributed by atoms with van der Waals surface area (Å²) < 4.78 is 14.1. The molecule has 146 valence electrons. The molecule has 9 nitrogen and oxygen atoms in total. The van der Waals surface area contributed by atoms with Crippen molar-refractivity contribution >= 4 is 23.8 Å². The fourth-order valence-electron chi connectivity index (χ4n) is 2.93. The largest absolute Gasteiger partial charge is 0.468 e. The second kappa shape index (κ2) is 8.63. The normalized spacial score (nSPS) is 18.6. The molecule has 1 heterocycles. The lowest BCUT2D eigenvalue weighted by Crippen LogP contribution is -2.59. The number of carbonyl (C=O) groups excluding carboxylic acids is 4. The zero-order valence-corrected chi connectivity index (χ0v) is 15.3. The molecule has 1 atom stereocenters. The Labute approximate surface area is 156 Å². The van der Waals surface area contributed by atoms with Crippen LogP contribution in [-0.4, -0.2) is 56.8 Å². The average molecular weight is 379 g/mol. The van der Waals surface area contributed by atoms with Gasteiger partial charge in [-0.25, -0.2) is 5.06 Å². The zero-order chi connectivity index (χ0) is 20.0. The molecule has 0 aromatic heterocycles. The van der Waals surface area contributed by atoms with E-state index in [4.69, 9.17) is 14.3 Å². The first-order valence-electron chi connectivity index (χ1n) is 8.12. The molecule has 0 radical (unpaired) electrons. The molecule has 27 heavy (non-hydrogen) atoms. The van der Waals surface area contributed by atoms with Crippen LogP contribution in [-0.2, 0) is 44.8 Å². The summed E-state index contributed by atoms with van der Waals surface area (Å²) in [5, 5.41) is 0.825. The Morgan fingerprint density at radius 3 is 2.15 bits per heavy atom. The van der Waals surface area contributed by atoms with E-state index in [-0.39, 0.29) is 6.61 Å². The number of hydrogen-bond donors (Lipinski definition) is 0. The van der Waals surface area contributed by atoms with Gasteiger partial charge >= 0.3 is 17.9 Å². The second-order valence-corrected chi connectivity index (χ2v) is 5.98. The third kappa shape index (κ3) is 4.08. The van der Waals surface area contributed by atoms with E-state index in [1.54, 1.807) is 24.3 Å². The van der Waals surface area contributed by atoms with Crippen LogP contribution >= 0.6 is 0 Å². The van der Waals surface area contributed by atoms with Gasteiger partial charge in [-0.05, 0) is 12.0 Å². The summed E-state index contributed by atoms with van der Waals surface area (Å²) in [6.45, 7) is -0.440. The summed E-state index contributed by atoms with van der Waals surface area (Å²) in [5.41, 5.74) is -1.14. The van der Waals surface area contributed by atoms with Crippen molar-refractivity contribution in [1.82, 2.24) is 5.06 Å². The van der Waals surface area contributed by atoms with Crippen LogP contribution in [0.2, 0.25) is 0 Å². The average Bonchev–Trinajstić information content (AvgIpc) is 2.72. The molecular formula is C18H21NO8. The van der Waals surface area contributed by atoms with Crippen molar-refractivity contribution in [2.24, 2.45) is 11.3 Å². The molecule has 1 aliphatic heterocycles. The number of hydrogen-bond acceptors (Lipinski definition) is 8. The Hall–Kier alpha value is -2.94. The maximum absolute atomic E-state index is 12.7. The highest BCUT2D eigenvalue weighted by Crippen LogP contribution is 2.37. The van der Waals surface area contributed by atoms with Crippen molar-refractivity contribution in [3.63, 3.8) is 0 Å². The third-order valence-electron chi connectivity index (χ3n) is 4.38. The van der Waals surface area contributed by atoms with E-state index in [1.807, 2.05) is 6.07 Å². The topological polar surface area (TPSA) is 108 Å². The van der Waals surface area contributed by atoms with Gasteiger partial charge in [-0.15, -0.1) is 0 Å². The molecule has 1 amide bonds. The number of amides is 1. The highest BCUT2D eigenvalue weighted by molar-refractivity contribution is 6.06. The minimum atomic E-state index is -1.90. The fourth-order valence-corrected chi connectivity index (χ4v) is 2.93. The number of benzene rings is 1. The van der Waals surface area contributed by atoms with Crippen molar-refractivity contribution < 1.29 is 38.2 Å². The number of nitrogens with zero attached hydrogens (tertiary/aromatic N) is 1. The van der Waals surface area contributed by atoms with Crippen molar-refractivity contribution in [2.45, 2.75) is 13.0 Å². The van der Waals surface area contributed by atoms with Crippen molar-refractivity contribution in [3.8, 4) is 0 Å². The molecule has 0 aliphatic carbocycles. The maximum atomic E-state index is 12.7. The number of esters is 3. The van der Waals surface area contributed by atoms with Gasteiger partial charge in [0.15, 0.2) is 5.41 Å². The molecule has 0 spiro atoms. The van der Waals surface area contributed by atoms with Gasteiger partial charge in [-0.1, -0.05) is 30.3 Å². The summed E-state index contributed by atoms with van der Waals surface area (Å²) in [6, 6.07) is 8.96. The number of carbonyl (C=O) groups is 4. The first kappa shape index (κ1) is 20.4. The first-order chi connectivity index (χ1) is 12.9. The lowest BCUT2D eigenvalue weighted by atomic mass is 9.75. The Balaban J connectivity index is 2.35. The summed E-state index contributed by atoms with van der Waals surface area (Å²) >= 11 is 0. The molecule has 1 saturated heterocycles. The molecule has 1 aromatic carbocycles. The van der Waals surface area contributed by atoms with E-state index in [9.17, 15) is 19.2 Å². The molecule has 0 N–H and O–H groups in total. The molecule has 1 fully saturated rings. The van der Waals surface area contributed by atoms with Crippen LogP contribution in [0.1, 0.15) is 12.0 Å². The van der Waals surface area contributed by atoms with Crippen molar-refractivity contribution in [1.29, 1.82) is 0 Å². The predicted molar refractivity (Wildman–Crippen MR) is 89.5 cm³/mol. The van der Waals surface area contributed by atoms with Crippen molar-refractivity contribution in [2.75, 3.05) is 27.9 Å². The van der Waals surface area contributed by atoms with E-state index >= 15 is 0 Å². The molecule has 1 aromatic rings. The number of piperidine rings is 1. The Morgan fingerprint density at radius 1 is 1.04 bits per heavy atom. The quantitative estimate of drug-likeness (QED) is 0.399. The highest BCUT2D eigenvalue weighted by atomic mass is 16.7. The van der Waals surface area contributed by atoms with Crippen LogP contribution in [0, 0.1) is 11.3 Å². The van der Waals surface area contributed by atoms with E-state index in [0.717, 1.165) is 32.0 Å². The van der Waals surface area contributed by atoms with Crippen LogP contribution in [0.15, 0.2) is 30.3 Å². The van der Waals surface area contributed by atoms with E-state index < -0.39 is 48.1 Å². The smallest absolute Gasteiger partial charge is 0.325 e. The van der Waals surface area contributed by atoms with Crippen LogP contribution in [0.4, 0.5) is 0 Å². The first-order valence-corrected chi connectivity index (χ1v) is 8.12. The Morgan fingerprint density at radius 2 is 1.63 bits per heavy atom. The van der Waals surface area contributed by atoms with E-state index in [1.165, 1.54) is 0 Å². The van der Waals surface area contributed by atoms with Gasteiger partial charge in [-0.2, -0.15) is 0 Å². The Bertz CT molecular complexity index is 701. The molecule has 0 saturated carbocycles. The highest BCUT2D eigenvalue weighted by Gasteiger charge is 2.58. The second-order valence-electron chi connectivity index (χ2n) is 5.98. The standard InChI is InChI=1S/C18H21NO8/c1-24-15(21)13-9-18(16(22)25-2,17(23)26-3)11-19(14(13)20)27-10-12-7-5-4-6-8-12/h4-8,13H,9-11H2,1-3H3. The monoisotopic (exact) mass is 379 g/mol. The fraction of sp³-hybridized carbons (Fsp3) is 0.444. The van der Waals surface area contributed by atoms with Gasteiger partial charge in [-0.3, -0.25) is 24.0 Å². The number of methoxy groups -OCH3 is 3. The SMILES string of the molecule is COC(=O)C1CC(C(=O)OC)(C(=O)OC)CN(OCc2ccccc2)C1=O. The van der Waals surface area contributed by atoms with Gasteiger partial charge in [0.05, 0.1) is 27.9 Å². The molecule has 1 unspecified atom stereocenters. The summed E-state index contributed by atoms with van der Waals surface area (Å²) in [5.74, 6) is -4.85. The van der Waals surface area contributed by atoms with Crippen LogP contribution in [0.25, 0.3) is 0 Å². The van der Waals surface area contributed by atoms with E-state index in [2.05, 4.69) is 4.74 Å². The van der Waals surface area contributed by atoms with Gasteiger partial charge in [0.1, 0.15) is 12.5 Å². The molecule has 0 bridgehead atoms. The van der Waals surface area contributed by atoms with Crippen LogP contribution in [0.5, 0.6) is 0 Å². The third-order valence-corrected chi connectivity index (χ3v) is 4.38. The summed E-state index contributed by atoms with van der Waals surface area (Å²) in [4.78, 5) is 55.0. The van der Waals surface area contributed by atoms with Crippen LogP contribution < -0.4 is 0 Å². The lowest BCUT2D eigenvalue weighted by Gasteiger charge is -2.40. The predicted octanol–water partition coefficient (Wildman–Crippen LogP) is 0.472. The zero-order valence-electron chi connectivity index (χ0n) is 15.3. The van der Waals surface area contributed by atoms with E-state index in [0.29, 0.717) is 0 Å². The molecule has 1 aliphatic rings. The molecule has 2 rings (SSSR count). The Kier molecular flexibility index (Phi) is 6.51. The van der Waals surface area contributed by atoms with Crippen molar-refractivity contribution in [3.05, 3.63) is 35.9 Å².